The van der Waals surface area contributed by atoms with Crippen LogP contribution >= 0.6 is 0 Å². The quantitative estimate of drug-likeness (QED) is 0.786. The van der Waals surface area contributed by atoms with Crippen LogP contribution in [-0.2, 0) is 21.4 Å². The average Bonchev–Trinajstić information content (AvgIpc) is 2.65. The van der Waals surface area contributed by atoms with Gasteiger partial charge in [0.25, 0.3) is 10.0 Å². The fraction of sp³-hybridized carbons (Fsp3) is 0.167. The van der Waals surface area contributed by atoms with Gasteiger partial charge in [-0.05, 0) is 17.7 Å². The number of ether oxygens (including phenoxy) is 1. The van der Waals surface area contributed by atoms with Crippen molar-refractivity contribution in [2.24, 2.45) is 0 Å². The number of sulfonamides is 1. The largest absolute Gasteiger partial charge is 0.478 e. The average molecular weight is 413 g/mol. The summed E-state index contributed by atoms with van der Waals surface area (Å²) in [6, 6.07) is 13.1. The summed E-state index contributed by atoms with van der Waals surface area (Å²) in [7, 11) is -5.38. The molecule has 6 nitrogen and oxygen atoms in total. The predicted octanol–water partition coefficient (Wildman–Crippen LogP) is 2.93. The fourth-order valence-electron chi connectivity index (χ4n) is 2.79. The summed E-state index contributed by atoms with van der Waals surface area (Å²) >= 11 is 0. The number of rotatable bonds is 5. The molecular formula is C18H14F3NO5S. The number of hydrogen-bond acceptors (Lipinski definition) is 4. The van der Waals surface area contributed by atoms with Crippen LogP contribution in [0.4, 0.5) is 13.2 Å². The fourth-order valence-corrected chi connectivity index (χ4v) is 4.29. The van der Waals surface area contributed by atoms with Crippen molar-refractivity contribution >= 4 is 22.1 Å². The van der Waals surface area contributed by atoms with Gasteiger partial charge < -0.3 is 9.84 Å². The Hall–Kier alpha value is -2.85. The normalized spacial score (nSPS) is 19.3. The number of aliphatic carboxylic acids is 1. The number of para-hydroxylation sites is 1. The Labute approximate surface area is 158 Å². The third-order valence-corrected chi connectivity index (χ3v) is 5.93. The summed E-state index contributed by atoms with van der Waals surface area (Å²) < 4.78 is 74.5. The van der Waals surface area contributed by atoms with Gasteiger partial charge in [-0.3, -0.25) is 0 Å². The van der Waals surface area contributed by atoms with Gasteiger partial charge in [-0.2, -0.15) is 13.2 Å². The minimum absolute atomic E-state index is 0.0260. The summed E-state index contributed by atoms with van der Waals surface area (Å²) in [5.74, 6) is -2.45. The highest BCUT2D eigenvalue weighted by atomic mass is 32.2. The molecule has 1 unspecified atom stereocenters. The van der Waals surface area contributed by atoms with E-state index in [9.17, 15) is 31.5 Å². The van der Waals surface area contributed by atoms with Crippen LogP contribution < -0.4 is 9.46 Å². The molecule has 0 saturated carbocycles. The second-order valence-corrected chi connectivity index (χ2v) is 7.80. The van der Waals surface area contributed by atoms with Crippen molar-refractivity contribution in [1.82, 2.24) is 4.72 Å². The number of alkyl halides is 3. The number of carboxylic acids is 1. The van der Waals surface area contributed by atoms with E-state index in [1.165, 1.54) is 30.3 Å². The molecule has 0 aromatic heterocycles. The molecule has 10 heteroatoms. The molecule has 1 aliphatic heterocycles. The first kappa shape index (κ1) is 19.9. The minimum Gasteiger partial charge on any atom is -0.478 e. The van der Waals surface area contributed by atoms with Crippen molar-refractivity contribution in [2.45, 2.75) is 17.7 Å². The zero-order valence-corrected chi connectivity index (χ0v) is 14.9. The monoisotopic (exact) mass is 413 g/mol. The van der Waals surface area contributed by atoms with Gasteiger partial charge in [0.1, 0.15) is 11.3 Å². The summed E-state index contributed by atoms with van der Waals surface area (Å²) in [4.78, 5) is 7.50. The van der Waals surface area contributed by atoms with Gasteiger partial charge in [0.2, 0.25) is 0 Å². The highest BCUT2D eigenvalue weighted by Crippen LogP contribution is 2.48. The first-order valence-electron chi connectivity index (χ1n) is 7.92. The van der Waals surface area contributed by atoms with Crippen LogP contribution in [0.2, 0.25) is 0 Å². The SMILES string of the molecule is O=C(O)C1=Cc2ccccc2OC1(C(F)(F)F)S(=O)(=O)NCc1ccccc1. The van der Waals surface area contributed by atoms with E-state index < -0.39 is 45.0 Å². The van der Waals surface area contributed by atoms with Gasteiger partial charge in [0.15, 0.2) is 0 Å². The van der Waals surface area contributed by atoms with Crippen molar-refractivity contribution in [1.29, 1.82) is 0 Å². The first-order valence-corrected chi connectivity index (χ1v) is 9.40. The highest BCUT2D eigenvalue weighted by Gasteiger charge is 2.72. The lowest BCUT2D eigenvalue weighted by molar-refractivity contribution is -0.204. The molecular weight excluding hydrogens is 399 g/mol. The molecule has 3 rings (SSSR count). The van der Waals surface area contributed by atoms with Crippen LogP contribution in [0, 0.1) is 0 Å². The highest BCUT2D eigenvalue weighted by molar-refractivity contribution is 7.91. The van der Waals surface area contributed by atoms with E-state index in [2.05, 4.69) is 0 Å². The lowest BCUT2D eigenvalue weighted by atomic mass is 10.0. The summed E-state index contributed by atoms with van der Waals surface area (Å²) in [5, 5.41) is 9.37. The standard InChI is InChI=1S/C18H14F3NO5S/c19-18(20,21)17(28(25,26)22-11-12-6-2-1-3-7-12)14(16(23)24)10-13-8-4-5-9-15(13)27-17/h1-10,22H,11H2,(H,23,24). The van der Waals surface area contributed by atoms with E-state index in [1.54, 1.807) is 18.2 Å². The Morgan fingerprint density at radius 3 is 2.29 bits per heavy atom. The molecule has 1 heterocycles. The van der Waals surface area contributed by atoms with Crippen molar-refractivity contribution < 1.29 is 36.2 Å². The molecule has 0 amide bonds. The minimum atomic E-state index is -5.58. The molecule has 0 saturated heterocycles. The van der Waals surface area contributed by atoms with Crippen LogP contribution in [0.5, 0.6) is 5.75 Å². The van der Waals surface area contributed by atoms with E-state index in [1.807, 2.05) is 4.72 Å². The first-order chi connectivity index (χ1) is 13.1. The maximum Gasteiger partial charge on any atom is 0.449 e. The number of hydrogen-bond donors (Lipinski definition) is 2. The molecule has 0 radical (unpaired) electrons. The molecule has 0 spiro atoms. The van der Waals surface area contributed by atoms with Crippen LogP contribution in [0.1, 0.15) is 11.1 Å². The Bertz CT molecular complexity index is 1030. The van der Waals surface area contributed by atoms with Gasteiger partial charge in [-0.25, -0.2) is 17.9 Å². The van der Waals surface area contributed by atoms with Crippen molar-refractivity contribution in [3.8, 4) is 5.75 Å². The van der Waals surface area contributed by atoms with Crippen LogP contribution in [0.25, 0.3) is 6.08 Å². The third kappa shape index (κ3) is 3.25. The second-order valence-electron chi connectivity index (χ2n) is 5.93. The Morgan fingerprint density at radius 2 is 1.68 bits per heavy atom. The maximum absolute atomic E-state index is 14.1. The number of halogens is 3. The number of carboxylic acid groups (broad SMARTS) is 1. The number of carbonyl (C=O) groups is 1. The molecule has 2 N–H and O–H groups in total. The van der Waals surface area contributed by atoms with Gasteiger partial charge >= 0.3 is 17.1 Å². The van der Waals surface area contributed by atoms with E-state index in [-0.39, 0.29) is 5.56 Å². The smallest absolute Gasteiger partial charge is 0.449 e. The van der Waals surface area contributed by atoms with Crippen molar-refractivity contribution in [3.63, 3.8) is 0 Å². The van der Waals surface area contributed by atoms with Gasteiger partial charge in [-0.1, -0.05) is 48.5 Å². The van der Waals surface area contributed by atoms with Gasteiger partial charge in [-0.15, -0.1) is 0 Å². The van der Waals surface area contributed by atoms with Crippen molar-refractivity contribution in [2.75, 3.05) is 0 Å². The molecule has 0 aliphatic carbocycles. The van der Waals surface area contributed by atoms with Gasteiger partial charge in [0, 0.05) is 12.1 Å². The molecule has 28 heavy (non-hydrogen) atoms. The third-order valence-electron chi connectivity index (χ3n) is 4.12. The number of benzene rings is 2. The maximum atomic E-state index is 14.1. The topological polar surface area (TPSA) is 92.7 Å². The molecule has 0 fully saturated rings. The lowest BCUT2D eigenvalue weighted by Gasteiger charge is -2.38. The second kappa shape index (κ2) is 6.95. The predicted molar refractivity (Wildman–Crippen MR) is 93.7 cm³/mol. The van der Waals surface area contributed by atoms with E-state index >= 15 is 0 Å². The molecule has 148 valence electrons. The molecule has 1 aliphatic rings. The summed E-state index contributed by atoms with van der Waals surface area (Å²) in [6.45, 7) is -0.473. The summed E-state index contributed by atoms with van der Waals surface area (Å²) in [5.41, 5.74) is -1.03. The zero-order chi connectivity index (χ0) is 20.6. The van der Waals surface area contributed by atoms with E-state index in [4.69, 9.17) is 4.74 Å². The number of fused-ring (bicyclic) bond motifs is 1. The van der Waals surface area contributed by atoms with Crippen LogP contribution in [0.15, 0.2) is 60.2 Å². The lowest BCUT2D eigenvalue weighted by Crippen LogP contribution is -2.63. The Morgan fingerprint density at radius 1 is 1.07 bits per heavy atom. The zero-order valence-electron chi connectivity index (χ0n) is 14.1. The summed E-state index contributed by atoms with van der Waals surface area (Å²) in [6.07, 6.45) is -4.91. The molecule has 2 aromatic carbocycles. The van der Waals surface area contributed by atoms with E-state index in [0.717, 1.165) is 6.07 Å². The number of nitrogens with one attached hydrogen (secondary N) is 1. The van der Waals surface area contributed by atoms with Crippen LogP contribution in [0.3, 0.4) is 0 Å². The Balaban J connectivity index is 2.14. The van der Waals surface area contributed by atoms with Crippen LogP contribution in [-0.4, -0.2) is 30.6 Å². The van der Waals surface area contributed by atoms with Gasteiger partial charge in [0.05, 0.1) is 0 Å². The van der Waals surface area contributed by atoms with Crippen molar-refractivity contribution in [3.05, 3.63) is 71.3 Å². The van der Waals surface area contributed by atoms with E-state index in [0.29, 0.717) is 11.6 Å². The molecule has 0 bridgehead atoms. The Kier molecular flexibility index (Phi) is 4.94. The molecule has 2 aromatic rings. The molecule has 1 atom stereocenters.